The number of hydrogen-bond donors (Lipinski definition) is 1. The summed E-state index contributed by atoms with van der Waals surface area (Å²) in [5.41, 5.74) is 2.52. The second-order valence-electron chi connectivity index (χ2n) is 4.52. The molecule has 1 aliphatic rings. The quantitative estimate of drug-likeness (QED) is 0.871. The lowest BCUT2D eigenvalue weighted by Crippen LogP contribution is -2.10. The van der Waals surface area contributed by atoms with Crippen LogP contribution in [0.25, 0.3) is 5.65 Å². The third-order valence-corrected chi connectivity index (χ3v) is 3.37. The molecule has 1 aliphatic carbocycles. The van der Waals surface area contributed by atoms with Crippen LogP contribution in [0, 0.1) is 0 Å². The van der Waals surface area contributed by atoms with Crippen LogP contribution in [0.3, 0.4) is 0 Å². The largest absolute Gasteiger partial charge is 0.481 e. The Hall–Kier alpha value is -1.91. The van der Waals surface area contributed by atoms with E-state index in [1.54, 1.807) is 10.7 Å². The van der Waals surface area contributed by atoms with Crippen LogP contribution < -0.4 is 0 Å². The van der Waals surface area contributed by atoms with Crippen molar-refractivity contribution in [3.05, 3.63) is 29.7 Å². The molecular formula is C12H13N3O2. The number of carbonyl (C=O) groups is 1. The molecule has 2 heterocycles. The first-order valence-electron chi connectivity index (χ1n) is 5.78. The Balaban J connectivity index is 1.98. The van der Waals surface area contributed by atoms with Crippen LogP contribution in [0.1, 0.15) is 36.3 Å². The summed E-state index contributed by atoms with van der Waals surface area (Å²) in [6.07, 6.45) is 9.10. The second kappa shape index (κ2) is 3.84. The fourth-order valence-corrected chi connectivity index (χ4v) is 2.18. The zero-order chi connectivity index (χ0) is 11.8. The lowest BCUT2D eigenvalue weighted by atomic mass is 9.81. The summed E-state index contributed by atoms with van der Waals surface area (Å²) in [5.74, 6) is -0.246. The molecule has 2 aromatic heterocycles. The third-order valence-electron chi connectivity index (χ3n) is 3.37. The molecule has 88 valence electrons. The molecule has 1 N–H and O–H groups in total. The van der Waals surface area contributed by atoms with Crippen molar-refractivity contribution in [3.63, 3.8) is 0 Å². The average molecular weight is 231 g/mol. The van der Waals surface area contributed by atoms with Crippen LogP contribution in [0.15, 0.2) is 18.6 Å². The smallest absolute Gasteiger partial charge is 0.308 e. The van der Waals surface area contributed by atoms with Gasteiger partial charge in [0, 0.05) is 18.0 Å². The van der Waals surface area contributed by atoms with Gasteiger partial charge in [-0.3, -0.25) is 4.79 Å². The fraction of sp³-hybridized carbons (Fsp3) is 0.417. The molecule has 0 atom stereocenters. The van der Waals surface area contributed by atoms with E-state index in [-0.39, 0.29) is 6.42 Å². The van der Waals surface area contributed by atoms with Gasteiger partial charge in [-0.15, -0.1) is 0 Å². The van der Waals surface area contributed by atoms with Crippen LogP contribution >= 0.6 is 0 Å². The normalized spacial score (nSPS) is 16.0. The first-order valence-corrected chi connectivity index (χ1v) is 5.78. The number of hydrogen-bond acceptors (Lipinski definition) is 3. The van der Waals surface area contributed by atoms with Crippen molar-refractivity contribution in [1.29, 1.82) is 0 Å². The molecule has 5 nitrogen and oxygen atoms in total. The monoisotopic (exact) mass is 231 g/mol. The summed E-state index contributed by atoms with van der Waals surface area (Å²) in [5, 5.41) is 12.9. The maximum atomic E-state index is 10.7. The van der Waals surface area contributed by atoms with Gasteiger partial charge < -0.3 is 5.11 Å². The number of aliphatic carboxylic acids is 1. The van der Waals surface area contributed by atoms with E-state index in [9.17, 15) is 4.79 Å². The molecule has 0 spiro atoms. The zero-order valence-corrected chi connectivity index (χ0v) is 9.33. The van der Waals surface area contributed by atoms with Gasteiger partial charge in [0.2, 0.25) is 0 Å². The number of nitrogens with zero attached hydrogens (tertiary/aromatic N) is 3. The number of fused-ring (bicyclic) bond motifs is 1. The molecule has 5 heteroatoms. The minimum atomic E-state index is -0.857. The molecule has 0 unspecified atom stereocenters. The molecule has 1 fully saturated rings. The van der Waals surface area contributed by atoms with Gasteiger partial charge in [0.05, 0.1) is 12.6 Å². The Bertz CT molecular complexity index is 572. The first-order chi connectivity index (χ1) is 8.24. The predicted molar refractivity (Wildman–Crippen MR) is 60.9 cm³/mol. The van der Waals surface area contributed by atoms with E-state index < -0.39 is 5.97 Å². The minimum absolute atomic E-state index is 0.0285. The van der Waals surface area contributed by atoms with E-state index >= 15 is 0 Å². The van der Waals surface area contributed by atoms with Crippen LogP contribution in [0.4, 0.5) is 0 Å². The molecule has 0 aliphatic heterocycles. The molecule has 0 saturated heterocycles. The maximum Gasteiger partial charge on any atom is 0.308 e. The molecule has 3 rings (SSSR count). The van der Waals surface area contributed by atoms with Gasteiger partial charge in [-0.25, -0.2) is 9.50 Å². The van der Waals surface area contributed by atoms with Crippen molar-refractivity contribution in [2.75, 3.05) is 0 Å². The highest BCUT2D eigenvalue weighted by Gasteiger charge is 2.20. The molecule has 17 heavy (non-hydrogen) atoms. The van der Waals surface area contributed by atoms with Crippen LogP contribution in [-0.4, -0.2) is 25.7 Å². The van der Waals surface area contributed by atoms with E-state index in [0.717, 1.165) is 0 Å². The van der Waals surface area contributed by atoms with Crippen molar-refractivity contribution in [1.82, 2.24) is 14.6 Å². The highest BCUT2D eigenvalue weighted by Crippen LogP contribution is 2.35. The van der Waals surface area contributed by atoms with Crippen molar-refractivity contribution in [2.24, 2.45) is 0 Å². The topological polar surface area (TPSA) is 67.5 Å². The van der Waals surface area contributed by atoms with Crippen molar-refractivity contribution in [2.45, 2.75) is 31.6 Å². The van der Waals surface area contributed by atoms with E-state index in [0.29, 0.717) is 17.1 Å². The number of aromatic nitrogens is 3. The van der Waals surface area contributed by atoms with Crippen LogP contribution in [0.2, 0.25) is 0 Å². The number of carboxylic acid groups (broad SMARTS) is 1. The van der Waals surface area contributed by atoms with Crippen molar-refractivity contribution < 1.29 is 9.90 Å². The van der Waals surface area contributed by atoms with Crippen molar-refractivity contribution >= 4 is 11.6 Å². The van der Waals surface area contributed by atoms with Crippen molar-refractivity contribution in [3.8, 4) is 0 Å². The minimum Gasteiger partial charge on any atom is -0.481 e. The van der Waals surface area contributed by atoms with E-state index in [1.165, 1.54) is 24.8 Å². The molecule has 0 bridgehead atoms. The highest BCUT2D eigenvalue weighted by molar-refractivity contribution is 5.72. The Labute approximate surface area is 98.1 Å². The zero-order valence-electron chi connectivity index (χ0n) is 9.33. The molecule has 0 amide bonds. The third kappa shape index (κ3) is 1.77. The molecule has 0 aromatic carbocycles. The van der Waals surface area contributed by atoms with Gasteiger partial charge in [-0.1, -0.05) is 6.42 Å². The number of carboxylic acids is 1. The maximum absolute atomic E-state index is 10.7. The van der Waals surface area contributed by atoms with Gasteiger partial charge in [0.25, 0.3) is 0 Å². The Kier molecular flexibility index (Phi) is 2.31. The molecule has 0 radical (unpaired) electrons. The summed E-state index contributed by atoms with van der Waals surface area (Å²) in [7, 11) is 0. The lowest BCUT2D eigenvalue weighted by Gasteiger charge is -2.25. The lowest BCUT2D eigenvalue weighted by molar-refractivity contribution is -0.136. The molecule has 1 saturated carbocycles. The molecular weight excluding hydrogens is 218 g/mol. The second-order valence-corrected chi connectivity index (χ2v) is 4.52. The summed E-state index contributed by atoms with van der Waals surface area (Å²) >= 11 is 0. The van der Waals surface area contributed by atoms with E-state index in [4.69, 9.17) is 5.11 Å². The Morgan fingerprint density at radius 1 is 1.47 bits per heavy atom. The Morgan fingerprint density at radius 2 is 2.29 bits per heavy atom. The van der Waals surface area contributed by atoms with E-state index in [2.05, 4.69) is 10.1 Å². The standard InChI is InChI=1S/C12H13N3O2/c16-11(17)4-9-6-14-15-7-10(5-13-12(9)15)8-2-1-3-8/h5-8H,1-4H2,(H,16,17). The van der Waals surface area contributed by atoms with E-state index in [1.807, 2.05) is 12.4 Å². The predicted octanol–water partition coefficient (Wildman–Crippen LogP) is 1.62. The highest BCUT2D eigenvalue weighted by atomic mass is 16.4. The fourth-order valence-electron chi connectivity index (χ4n) is 2.18. The molecule has 2 aromatic rings. The number of rotatable bonds is 3. The van der Waals surface area contributed by atoms with Crippen LogP contribution in [0.5, 0.6) is 0 Å². The summed E-state index contributed by atoms with van der Waals surface area (Å²) in [6.45, 7) is 0. The first kappa shape index (κ1) is 10.3. The van der Waals surface area contributed by atoms with Gasteiger partial charge in [-0.05, 0) is 24.3 Å². The van der Waals surface area contributed by atoms with Gasteiger partial charge in [-0.2, -0.15) is 5.10 Å². The average Bonchev–Trinajstić information content (AvgIpc) is 2.58. The van der Waals surface area contributed by atoms with Gasteiger partial charge >= 0.3 is 5.97 Å². The summed E-state index contributed by atoms with van der Waals surface area (Å²) in [4.78, 5) is 15.0. The summed E-state index contributed by atoms with van der Waals surface area (Å²) in [6, 6.07) is 0. The Morgan fingerprint density at radius 3 is 2.94 bits per heavy atom. The van der Waals surface area contributed by atoms with Gasteiger partial charge in [0.15, 0.2) is 5.65 Å². The van der Waals surface area contributed by atoms with Crippen LogP contribution in [-0.2, 0) is 11.2 Å². The van der Waals surface area contributed by atoms with Gasteiger partial charge in [0.1, 0.15) is 0 Å². The SMILES string of the molecule is O=C(O)Cc1cnn2cc(C3CCC3)cnc12. The summed E-state index contributed by atoms with van der Waals surface area (Å²) < 4.78 is 1.69.